The maximum absolute atomic E-state index is 11.9. The van der Waals surface area contributed by atoms with Crippen molar-refractivity contribution in [1.29, 1.82) is 0 Å². The molecule has 0 fully saturated rings. The fourth-order valence-corrected chi connectivity index (χ4v) is 1.83. The minimum absolute atomic E-state index is 0.0406. The molecule has 1 unspecified atom stereocenters. The van der Waals surface area contributed by atoms with Gasteiger partial charge >= 0.3 is 5.76 Å². The monoisotopic (exact) mass is 245 g/mol. The van der Waals surface area contributed by atoms with E-state index in [-0.39, 0.29) is 19.1 Å². The summed E-state index contributed by atoms with van der Waals surface area (Å²) in [6.45, 7) is 1.80. The van der Waals surface area contributed by atoms with Crippen LogP contribution in [0.25, 0.3) is 0 Å². The molecule has 0 aromatic heterocycles. The van der Waals surface area contributed by atoms with Gasteiger partial charge in [0.25, 0.3) is 10.0 Å². The van der Waals surface area contributed by atoms with Crippen molar-refractivity contribution in [3.63, 3.8) is 0 Å². The van der Waals surface area contributed by atoms with Gasteiger partial charge in [0.05, 0.1) is 0 Å². The van der Waals surface area contributed by atoms with Gasteiger partial charge in [-0.3, -0.25) is 0 Å². The molecular weight excluding hydrogens is 228 g/mol. The molecule has 0 saturated heterocycles. The van der Waals surface area contributed by atoms with Crippen LogP contribution in [-0.2, 0) is 10.0 Å². The number of rotatable bonds is 8. The summed E-state index contributed by atoms with van der Waals surface area (Å²) in [5, 5.41) is 8.68. The molecule has 0 bridgehead atoms. The van der Waals surface area contributed by atoms with E-state index in [1.54, 1.807) is 0 Å². The van der Waals surface area contributed by atoms with Crippen LogP contribution in [0.3, 0.4) is 0 Å². The molecule has 15 heavy (non-hydrogen) atoms. The zero-order chi connectivity index (χ0) is 11.9. The van der Waals surface area contributed by atoms with Crippen LogP contribution >= 0.6 is 0 Å². The molecule has 0 aliphatic carbocycles. The van der Waals surface area contributed by atoms with Gasteiger partial charge in [0.1, 0.15) is 0 Å². The first-order chi connectivity index (χ1) is 6.94. The number of aliphatic hydroxyl groups excluding tert-OH is 1. The predicted octanol–water partition coefficient (Wildman–Crippen LogP) is 0.927. The van der Waals surface area contributed by atoms with Crippen molar-refractivity contribution in [1.82, 2.24) is 4.72 Å². The Labute approximate surface area is 88.7 Å². The van der Waals surface area contributed by atoms with Crippen LogP contribution in [0.2, 0.25) is 0 Å². The van der Waals surface area contributed by atoms with E-state index >= 15 is 0 Å². The van der Waals surface area contributed by atoms with Gasteiger partial charge in [-0.15, -0.1) is 0 Å². The van der Waals surface area contributed by atoms with Crippen molar-refractivity contribution < 1.29 is 22.3 Å². The lowest BCUT2D eigenvalue weighted by Gasteiger charge is -2.15. The summed E-state index contributed by atoms with van der Waals surface area (Å²) < 4.78 is 47.1. The molecule has 2 N–H and O–H groups in total. The van der Waals surface area contributed by atoms with Crippen LogP contribution in [0.5, 0.6) is 0 Å². The van der Waals surface area contributed by atoms with Gasteiger partial charge in [-0.25, -0.2) is 13.1 Å². The van der Waals surface area contributed by atoms with Gasteiger partial charge in [-0.1, -0.05) is 13.3 Å². The van der Waals surface area contributed by atoms with E-state index in [0.717, 1.165) is 6.42 Å². The quantitative estimate of drug-likeness (QED) is 0.668. The molecule has 0 aliphatic rings. The molecule has 1 atom stereocenters. The first kappa shape index (κ1) is 14.7. The highest BCUT2D eigenvalue weighted by molar-refractivity contribution is 7.89. The Kier molecular flexibility index (Phi) is 6.95. The van der Waals surface area contributed by atoms with E-state index in [4.69, 9.17) is 5.11 Å². The highest BCUT2D eigenvalue weighted by Crippen LogP contribution is 2.11. The lowest BCUT2D eigenvalue weighted by atomic mass is 10.0. The number of hydrogen-bond acceptors (Lipinski definition) is 3. The van der Waals surface area contributed by atoms with Crippen LogP contribution in [0.1, 0.15) is 26.2 Å². The Morgan fingerprint density at radius 2 is 1.93 bits per heavy atom. The Morgan fingerprint density at radius 1 is 1.33 bits per heavy atom. The van der Waals surface area contributed by atoms with E-state index in [0.29, 0.717) is 12.8 Å². The lowest BCUT2D eigenvalue weighted by molar-refractivity contribution is 0.229. The molecule has 0 saturated carbocycles. The second-order valence-electron chi connectivity index (χ2n) is 3.32. The summed E-state index contributed by atoms with van der Waals surface area (Å²) in [5.74, 6) is -3.48. The standard InChI is InChI=1S/C8H17F2NO3S/c1-2-3-7(4-5-12)6-11-15(13,14)8(9)10/h7-8,11-12H,2-6H2,1H3. The molecule has 7 heteroatoms. The van der Waals surface area contributed by atoms with Crippen LogP contribution in [0.4, 0.5) is 8.78 Å². The Bertz CT molecular complexity index is 251. The smallest absolute Gasteiger partial charge is 0.350 e. The Balaban J connectivity index is 4.09. The average molecular weight is 245 g/mol. The van der Waals surface area contributed by atoms with E-state index in [1.165, 1.54) is 0 Å². The minimum Gasteiger partial charge on any atom is -0.396 e. The second kappa shape index (κ2) is 7.08. The lowest BCUT2D eigenvalue weighted by Crippen LogP contribution is -2.33. The number of halogens is 2. The van der Waals surface area contributed by atoms with Gasteiger partial charge in [-0.05, 0) is 18.8 Å². The number of alkyl halides is 2. The molecule has 92 valence electrons. The third-order valence-corrected chi connectivity index (χ3v) is 3.08. The first-order valence-corrected chi connectivity index (χ1v) is 6.36. The number of nitrogens with one attached hydrogen (secondary N) is 1. The Hall–Kier alpha value is -0.270. The van der Waals surface area contributed by atoms with E-state index < -0.39 is 15.8 Å². The zero-order valence-corrected chi connectivity index (χ0v) is 9.43. The van der Waals surface area contributed by atoms with Crippen molar-refractivity contribution >= 4 is 10.0 Å². The predicted molar refractivity (Wildman–Crippen MR) is 53.0 cm³/mol. The molecule has 4 nitrogen and oxygen atoms in total. The third kappa shape index (κ3) is 6.01. The normalized spacial score (nSPS) is 14.5. The van der Waals surface area contributed by atoms with Crippen LogP contribution in [-0.4, -0.2) is 32.4 Å². The summed E-state index contributed by atoms with van der Waals surface area (Å²) in [6, 6.07) is 0. The maximum atomic E-state index is 11.9. The molecule has 0 spiro atoms. The van der Waals surface area contributed by atoms with Crippen LogP contribution in [0.15, 0.2) is 0 Å². The summed E-state index contributed by atoms with van der Waals surface area (Å²) >= 11 is 0. The summed E-state index contributed by atoms with van der Waals surface area (Å²) in [7, 11) is -4.49. The minimum atomic E-state index is -4.49. The molecule has 0 aromatic carbocycles. The topological polar surface area (TPSA) is 66.4 Å². The maximum Gasteiger partial charge on any atom is 0.350 e. The van der Waals surface area contributed by atoms with E-state index in [2.05, 4.69) is 0 Å². The van der Waals surface area contributed by atoms with Gasteiger partial charge in [0.15, 0.2) is 0 Å². The molecular formula is C8H17F2NO3S. The summed E-state index contributed by atoms with van der Waals surface area (Å²) in [4.78, 5) is 0. The highest BCUT2D eigenvalue weighted by Gasteiger charge is 2.24. The number of sulfonamides is 1. The fraction of sp³-hybridized carbons (Fsp3) is 1.00. The Morgan fingerprint density at radius 3 is 2.33 bits per heavy atom. The number of hydrogen-bond donors (Lipinski definition) is 2. The SMILES string of the molecule is CCCC(CCO)CNS(=O)(=O)C(F)F. The van der Waals surface area contributed by atoms with Gasteiger partial charge in [0.2, 0.25) is 0 Å². The van der Waals surface area contributed by atoms with E-state index in [1.807, 2.05) is 11.6 Å². The van der Waals surface area contributed by atoms with Crippen LogP contribution < -0.4 is 4.72 Å². The average Bonchev–Trinajstić information content (AvgIpc) is 2.15. The second-order valence-corrected chi connectivity index (χ2v) is 5.06. The molecule has 0 heterocycles. The molecule has 0 aromatic rings. The fourth-order valence-electron chi connectivity index (χ4n) is 1.24. The van der Waals surface area contributed by atoms with Crippen molar-refractivity contribution in [2.45, 2.75) is 31.9 Å². The first-order valence-electron chi connectivity index (χ1n) is 4.81. The zero-order valence-electron chi connectivity index (χ0n) is 8.62. The van der Waals surface area contributed by atoms with Gasteiger partial charge < -0.3 is 5.11 Å². The number of aliphatic hydroxyl groups is 1. The van der Waals surface area contributed by atoms with Crippen molar-refractivity contribution in [2.24, 2.45) is 5.92 Å². The summed E-state index contributed by atoms with van der Waals surface area (Å²) in [5.41, 5.74) is 0. The molecule has 0 rings (SSSR count). The van der Waals surface area contributed by atoms with Crippen LogP contribution in [0, 0.1) is 5.92 Å². The highest BCUT2D eigenvalue weighted by atomic mass is 32.2. The molecule has 0 aliphatic heterocycles. The summed E-state index contributed by atoms with van der Waals surface area (Å²) in [6.07, 6.45) is 1.94. The largest absolute Gasteiger partial charge is 0.396 e. The van der Waals surface area contributed by atoms with E-state index in [9.17, 15) is 17.2 Å². The molecule has 0 radical (unpaired) electrons. The molecule has 0 amide bonds. The van der Waals surface area contributed by atoms with Crippen molar-refractivity contribution in [2.75, 3.05) is 13.2 Å². The van der Waals surface area contributed by atoms with Gasteiger partial charge in [0, 0.05) is 13.2 Å². The van der Waals surface area contributed by atoms with Crippen molar-refractivity contribution in [3.05, 3.63) is 0 Å². The van der Waals surface area contributed by atoms with Crippen molar-refractivity contribution in [3.8, 4) is 0 Å². The van der Waals surface area contributed by atoms with Gasteiger partial charge in [-0.2, -0.15) is 8.78 Å². The third-order valence-electron chi connectivity index (χ3n) is 2.04.